The molecule has 1 saturated carbocycles. The summed E-state index contributed by atoms with van der Waals surface area (Å²) in [6.45, 7) is 3.91. The van der Waals surface area contributed by atoms with Crippen LogP contribution in [-0.2, 0) is 14.3 Å². The molecule has 0 bridgehead atoms. The van der Waals surface area contributed by atoms with Gasteiger partial charge in [-0.1, -0.05) is 12.8 Å². The van der Waals surface area contributed by atoms with E-state index in [4.69, 9.17) is 10.5 Å². The molecule has 0 saturated heterocycles. The fraction of sp³-hybridized carbons (Fsp3) is 0.846. The fourth-order valence-electron chi connectivity index (χ4n) is 2.03. The lowest BCUT2D eigenvalue weighted by Gasteiger charge is -2.17. The van der Waals surface area contributed by atoms with Crippen molar-refractivity contribution in [3.63, 3.8) is 0 Å². The van der Waals surface area contributed by atoms with Crippen LogP contribution in [0.15, 0.2) is 0 Å². The van der Waals surface area contributed by atoms with Gasteiger partial charge in [-0.2, -0.15) is 0 Å². The van der Waals surface area contributed by atoms with E-state index in [0.29, 0.717) is 18.4 Å². The summed E-state index contributed by atoms with van der Waals surface area (Å²) >= 11 is 1.39. The first-order valence-corrected chi connectivity index (χ1v) is 7.93. The summed E-state index contributed by atoms with van der Waals surface area (Å²) in [5.41, 5.74) is 5.69. The quantitative estimate of drug-likeness (QED) is 0.685. The molecule has 1 aliphatic carbocycles. The number of thioether (sulfide) groups is 1. The monoisotopic (exact) mass is 288 g/mol. The number of carbonyl (C=O) groups excluding carboxylic acids is 2. The molecule has 0 aromatic heterocycles. The topological polar surface area (TPSA) is 81.4 Å². The number of hydrogen-bond donors (Lipinski definition) is 2. The molecule has 0 heterocycles. The van der Waals surface area contributed by atoms with Crippen LogP contribution in [0.2, 0.25) is 0 Å². The second kappa shape index (κ2) is 8.43. The molecule has 0 aromatic rings. The molecule has 1 fully saturated rings. The van der Waals surface area contributed by atoms with Gasteiger partial charge >= 0.3 is 5.97 Å². The number of rotatable bonds is 7. The normalized spacial score (nSPS) is 18.9. The van der Waals surface area contributed by atoms with Gasteiger partial charge in [0.15, 0.2) is 0 Å². The summed E-state index contributed by atoms with van der Waals surface area (Å²) in [5, 5.41) is 2.85. The lowest BCUT2D eigenvalue weighted by molar-refractivity contribution is -0.144. The number of hydrogen-bond acceptors (Lipinski definition) is 5. The largest absolute Gasteiger partial charge is 0.465 e. The van der Waals surface area contributed by atoms with E-state index >= 15 is 0 Å². The van der Waals surface area contributed by atoms with Crippen LogP contribution >= 0.6 is 11.8 Å². The van der Waals surface area contributed by atoms with Crippen LogP contribution in [0.4, 0.5) is 0 Å². The molecule has 0 aromatic carbocycles. The van der Waals surface area contributed by atoms with Crippen molar-refractivity contribution in [2.24, 2.45) is 5.73 Å². The Morgan fingerprint density at radius 2 is 2.05 bits per heavy atom. The minimum Gasteiger partial charge on any atom is -0.465 e. The second-order valence-corrected chi connectivity index (χ2v) is 6.20. The third-order valence-corrected chi connectivity index (χ3v) is 4.45. The Balaban J connectivity index is 2.23. The molecule has 110 valence electrons. The summed E-state index contributed by atoms with van der Waals surface area (Å²) in [4.78, 5) is 23.3. The average molecular weight is 288 g/mol. The predicted octanol–water partition coefficient (Wildman–Crippen LogP) is 1.06. The van der Waals surface area contributed by atoms with Gasteiger partial charge in [0.1, 0.15) is 6.04 Å². The van der Waals surface area contributed by atoms with Crippen molar-refractivity contribution in [1.29, 1.82) is 0 Å². The Morgan fingerprint density at radius 3 is 2.63 bits per heavy atom. The highest BCUT2D eigenvalue weighted by Gasteiger charge is 2.22. The molecule has 0 aliphatic heterocycles. The second-order valence-electron chi connectivity index (χ2n) is 4.82. The molecule has 1 aliphatic rings. The molecular formula is C13H24N2O3S. The highest BCUT2D eigenvalue weighted by molar-refractivity contribution is 8.00. The summed E-state index contributed by atoms with van der Waals surface area (Å²) in [6, 6.07) is -0.332. The molecule has 0 radical (unpaired) electrons. The summed E-state index contributed by atoms with van der Waals surface area (Å²) in [7, 11) is 0. The van der Waals surface area contributed by atoms with E-state index in [2.05, 4.69) is 5.32 Å². The Kier molecular flexibility index (Phi) is 7.23. The first-order valence-electron chi connectivity index (χ1n) is 6.88. The van der Waals surface area contributed by atoms with Crippen molar-refractivity contribution in [2.75, 3.05) is 12.4 Å². The lowest BCUT2D eigenvalue weighted by Crippen LogP contribution is -2.40. The maximum Gasteiger partial charge on any atom is 0.323 e. The number of ether oxygens (including phenoxy) is 1. The van der Waals surface area contributed by atoms with Crippen LogP contribution in [0.3, 0.4) is 0 Å². The molecule has 1 amide bonds. The van der Waals surface area contributed by atoms with E-state index in [1.54, 1.807) is 6.92 Å². The molecule has 19 heavy (non-hydrogen) atoms. The van der Waals surface area contributed by atoms with Crippen molar-refractivity contribution >= 4 is 23.6 Å². The highest BCUT2D eigenvalue weighted by Crippen LogP contribution is 2.19. The molecular weight excluding hydrogens is 264 g/mol. The molecule has 6 heteroatoms. The third kappa shape index (κ3) is 5.82. The summed E-state index contributed by atoms with van der Waals surface area (Å²) in [6.07, 6.45) is 4.54. The molecule has 3 N–H and O–H groups in total. The van der Waals surface area contributed by atoms with Crippen LogP contribution in [0.1, 0.15) is 39.5 Å². The highest BCUT2D eigenvalue weighted by atomic mass is 32.2. The van der Waals surface area contributed by atoms with Crippen molar-refractivity contribution in [3.05, 3.63) is 0 Å². The van der Waals surface area contributed by atoms with E-state index in [1.165, 1.54) is 24.6 Å². The van der Waals surface area contributed by atoms with Crippen molar-refractivity contribution in [2.45, 2.75) is 56.9 Å². The van der Waals surface area contributed by atoms with Crippen molar-refractivity contribution in [3.8, 4) is 0 Å². The predicted molar refractivity (Wildman–Crippen MR) is 76.9 cm³/mol. The van der Waals surface area contributed by atoms with Crippen LogP contribution in [0.25, 0.3) is 0 Å². The van der Waals surface area contributed by atoms with E-state index in [-0.39, 0.29) is 11.2 Å². The third-order valence-electron chi connectivity index (χ3n) is 3.19. The smallest absolute Gasteiger partial charge is 0.323 e. The van der Waals surface area contributed by atoms with Gasteiger partial charge in [-0.15, -0.1) is 11.8 Å². The van der Waals surface area contributed by atoms with Gasteiger partial charge in [0.25, 0.3) is 0 Å². The molecule has 0 spiro atoms. The Morgan fingerprint density at radius 1 is 1.42 bits per heavy atom. The Hall–Kier alpha value is -0.750. The van der Waals surface area contributed by atoms with Crippen molar-refractivity contribution in [1.82, 2.24) is 5.32 Å². The van der Waals surface area contributed by atoms with Gasteiger partial charge in [-0.25, -0.2) is 0 Å². The zero-order chi connectivity index (χ0) is 14.3. The minimum atomic E-state index is -0.660. The van der Waals surface area contributed by atoms with Crippen molar-refractivity contribution < 1.29 is 14.3 Å². The molecule has 2 atom stereocenters. The summed E-state index contributed by atoms with van der Waals surface area (Å²) < 4.78 is 4.83. The van der Waals surface area contributed by atoms with Crippen LogP contribution in [0.5, 0.6) is 0 Å². The van der Waals surface area contributed by atoms with E-state index in [1.807, 2.05) is 6.92 Å². The van der Waals surface area contributed by atoms with Gasteiger partial charge in [0, 0.05) is 11.8 Å². The lowest BCUT2D eigenvalue weighted by atomic mass is 10.2. The molecule has 1 rings (SSSR count). The average Bonchev–Trinajstić information content (AvgIpc) is 2.88. The molecule has 2 unspecified atom stereocenters. The number of nitrogens with one attached hydrogen (secondary N) is 1. The fourth-order valence-corrected chi connectivity index (χ4v) is 2.88. The Bertz CT molecular complexity index is 306. The maximum atomic E-state index is 11.9. The number of esters is 1. The molecule has 5 nitrogen and oxygen atoms in total. The van der Waals surface area contributed by atoms with Gasteiger partial charge < -0.3 is 15.8 Å². The number of nitrogens with two attached hydrogens (primary N) is 1. The van der Waals surface area contributed by atoms with Crippen LogP contribution in [-0.4, -0.2) is 41.6 Å². The van der Waals surface area contributed by atoms with Gasteiger partial charge in [-0.3, -0.25) is 9.59 Å². The summed E-state index contributed by atoms with van der Waals surface area (Å²) in [5.74, 6) is 0.0318. The van der Waals surface area contributed by atoms with E-state index in [0.717, 1.165) is 12.8 Å². The van der Waals surface area contributed by atoms with E-state index < -0.39 is 12.0 Å². The first kappa shape index (κ1) is 16.3. The standard InChI is InChI=1S/C13H24N2O3S/c1-3-18-13(17)11(14)8-19-9(2)12(16)15-10-6-4-5-7-10/h9-11H,3-8,14H2,1-2H3,(H,15,16). The maximum absolute atomic E-state index is 11.9. The number of amides is 1. The minimum absolute atomic E-state index is 0.0351. The van der Waals surface area contributed by atoms with Crippen LogP contribution in [0, 0.1) is 0 Å². The van der Waals surface area contributed by atoms with Gasteiger partial charge in [0.2, 0.25) is 5.91 Å². The van der Waals surface area contributed by atoms with E-state index in [9.17, 15) is 9.59 Å². The zero-order valence-corrected chi connectivity index (χ0v) is 12.5. The number of carbonyl (C=O) groups is 2. The Labute approximate surface area is 119 Å². The first-order chi connectivity index (χ1) is 9.04. The van der Waals surface area contributed by atoms with Gasteiger partial charge in [-0.05, 0) is 26.7 Å². The van der Waals surface area contributed by atoms with Crippen LogP contribution < -0.4 is 11.1 Å². The zero-order valence-electron chi connectivity index (χ0n) is 11.7. The SMILES string of the molecule is CCOC(=O)C(N)CSC(C)C(=O)NC1CCCC1. The van der Waals surface area contributed by atoms with Gasteiger partial charge in [0.05, 0.1) is 11.9 Å².